The normalized spacial score (nSPS) is 16.7. The lowest BCUT2D eigenvalue weighted by Crippen LogP contribution is -2.24. The van der Waals surface area contributed by atoms with Crippen molar-refractivity contribution in [3.05, 3.63) is 58.6 Å². The van der Waals surface area contributed by atoms with Gasteiger partial charge in [-0.15, -0.1) is 0 Å². The number of hydrogen-bond acceptors (Lipinski definition) is 2. The number of carbonyl (C=O) groups is 1. The molecular weight excluding hydrogens is 300 g/mol. The van der Waals surface area contributed by atoms with E-state index in [0.29, 0.717) is 17.1 Å². The van der Waals surface area contributed by atoms with Crippen LogP contribution in [0.1, 0.15) is 17.5 Å². The smallest absolute Gasteiger partial charge is 0.323 e. The highest BCUT2D eigenvalue weighted by Crippen LogP contribution is 2.28. The van der Waals surface area contributed by atoms with Gasteiger partial charge in [0.25, 0.3) is 0 Å². The monoisotopic (exact) mass is 316 g/mol. The minimum Gasteiger partial charge on any atom is -0.393 e. The molecule has 0 saturated carbocycles. The highest BCUT2D eigenvalue weighted by atomic mass is 35.5. The van der Waals surface area contributed by atoms with Gasteiger partial charge in [-0.2, -0.15) is 0 Å². The Morgan fingerprint density at radius 1 is 1.14 bits per heavy atom. The van der Waals surface area contributed by atoms with Crippen molar-refractivity contribution in [2.45, 2.75) is 25.4 Å². The summed E-state index contributed by atoms with van der Waals surface area (Å²) < 4.78 is 0. The molecule has 3 N–H and O–H groups in total. The number of aryl methyl sites for hydroxylation is 1. The molecule has 0 bridgehead atoms. The molecule has 5 heteroatoms. The zero-order chi connectivity index (χ0) is 15.5. The van der Waals surface area contributed by atoms with E-state index in [0.717, 1.165) is 24.1 Å². The Hall–Kier alpha value is -2.04. The first-order chi connectivity index (χ1) is 10.6. The Bertz CT molecular complexity index is 686. The summed E-state index contributed by atoms with van der Waals surface area (Å²) in [5, 5.41) is 16.1. The predicted molar refractivity (Wildman–Crippen MR) is 88.6 cm³/mol. The fourth-order valence-electron chi connectivity index (χ4n) is 2.70. The molecular formula is C17H17ClN2O2. The molecule has 2 aromatic carbocycles. The van der Waals surface area contributed by atoms with E-state index in [1.54, 1.807) is 24.3 Å². The Morgan fingerprint density at radius 3 is 2.68 bits per heavy atom. The van der Waals surface area contributed by atoms with Crippen LogP contribution in [0.2, 0.25) is 5.02 Å². The van der Waals surface area contributed by atoms with Gasteiger partial charge >= 0.3 is 6.03 Å². The number of amides is 2. The van der Waals surface area contributed by atoms with E-state index >= 15 is 0 Å². The largest absolute Gasteiger partial charge is 0.393 e. The molecule has 1 aliphatic rings. The summed E-state index contributed by atoms with van der Waals surface area (Å²) in [6, 6.07) is 12.4. The van der Waals surface area contributed by atoms with Crippen molar-refractivity contribution in [3.8, 4) is 0 Å². The van der Waals surface area contributed by atoms with Crippen LogP contribution >= 0.6 is 11.6 Å². The van der Waals surface area contributed by atoms with Crippen LogP contribution in [0.4, 0.5) is 16.2 Å². The quantitative estimate of drug-likeness (QED) is 0.788. The molecule has 0 radical (unpaired) electrons. The van der Waals surface area contributed by atoms with Crippen LogP contribution in [0.25, 0.3) is 0 Å². The summed E-state index contributed by atoms with van der Waals surface area (Å²) in [6.07, 6.45) is 1.85. The van der Waals surface area contributed by atoms with E-state index < -0.39 is 0 Å². The molecule has 4 nitrogen and oxygen atoms in total. The minimum atomic E-state index is -0.338. The lowest BCUT2D eigenvalue weighted by atomic mass is 9.88. The fourth-order valence-corrected chi connectivity index (χ4v) is 2.83. The molecule has 22 heavy (non-hydrogen) atoms. The van der Waals surface area contributed by atoms with E-state index in [4.69, 9.17) is 11.6 Å². The van der Waals surface area contributed by atoms with Crippen molar-refractivity contribution in [1.82, 2.24) is 0 Å². The maximum Gasteiger partial charge on any atom is 0.323 e. The first-order valence-electron chi connectivity index (χ1n) is 7.24. The van der Waals surface area contributed by atoms with Gasteiger partial charge in [0.2, 0.25) is 0 Å². The molecule has 2 aromatic rings. The maximum atomic E-state index is 12.1. The van der Waals surface area contributed by atoms with Crippen LogP contribution in [0.3, 0.4) is 0 Å². The number of rotatable bonds is 2. The second kappa shape index (κ2) is 6.38. The number of nitrogens with one attached hydrogen (secondary N) is 2. The van der Waals surface area contributed by atoms with Crippen LogP contribution in [0, 0.1) is 0 Å². The molecule has 0 spiro atoms. The zero-order valence-electron chi connectivity index (χ0n) is 12.0. The van der Waals surface area contributed by atoms with Gasteiger partial charge in [-0.05, 0) is 54.3 Å². The van der Waals surface area contributed by atoms with E-state index in [9.17, 15) is 9.90 Å². The van der Waals surface area contributed by atoms with E-state index in [1.165, 1.54) is 5.56 Å². The summed E-state index contributed by atoms with van der Waals surface area (Å²) in [6.45, 7) is 0. The number of urea groups is 1. The number of fused-ring (bicyclic) bond motifs is 1. The van der Waals surface area contributed by atoms with Gasteiger partial charge in [-0.25, -0.2) is 4.79 Å². The van der Waals surface area contributed by atoms with E-state index in [2.05, 4.69) is 10.6 Å². The number of halogens is 1. The summed E-state index contributed by atoms with van der Waals surface area (Å²) in [4.78, 5) is 12.1. The number of carbonyl (C=O) groups excluding carboxylic acids is 1. The standard InChI is InChI=1S/C17H17ClN2O2/c18-12-5-7-13(8-6-12)19-17(22)20-16-3-1-2-11-4-9-14(21)10-15(11)16/h1-3,5-8,14,21H,4,9-10H2,(H2,19,20,22)/t14-/m0/s1. The van der Waals surface area contributed by atoms with Crippen molar-refractivity contribution in [1.29, 1.82) is 0 Å². The van der Waals surface area contributed by atoms with Gasteiger partial charge in [-0.3, -0.25) is 0 Å². The van der Waals surface area contributed by atoms with Crippen molar-refractivity contribution in [2.24, 2.45) is 0 Å². The summed E-state index contributed by atoms with van der Waals surface area (Å²) in [7, 11) is 0. The first kappa shape index (κ1) is 14.9. The molecule has 1 aliphatic carbocycles. The number of anilines is 2. The van der Waals surface area contributed by atoms with Gasteiger partial charge in [0, 0.05) is 22.8 Å². The average molecular weight is 317 g/mol. The lowest BCUT2D eigenvalue weighted by Gasteiger charge is -2.23. The Kier molecular flexibility index (Phi) is 4.32. The second-order valence-electron chi connectivity index (χ2n) is 5.43. The van der Waals surface area contributed by atoms with Crippen LogP contribution in [0.5, 0.6) is 0 Å². The summed E-state index contributed by atoms with van der Waals surface area (Å²) in [5.41, 5.74) is 3.64. The molecule has 2 amide bonds. The summed E-state index contributed by atoms with van der Waals surface area (Å²) in [5.74, 6) is 0. The van der Waals surface area contributed by atoms with Crippen LogP contribution < -0.4 is 10.6 Å². The van der Waals surface area contributed by atoms with Crippen LogP contribution in [0.15, 0.2) is 42.5 Å². The van der Waals surface area contributed by atoms with Crippen LogP contribution in [-0.4, -0.2) is 17.2 Å². The highest BCUT2D eigenvalue weighted by molar-refractivity contribution is 6.30. The van der Waals surface area contributed by atoms with Gasteiger partial charge in [0.15, 0.2) is 0 Å². The summed E-state index contributed by atoms with van der Waals surface area (Å²) >= 11 is 5.82. The van der Waals surface area contributed by atoms with Gasteiger partial charge in [0.05, 0.1) is 6.10 Å². The number of hydrogen-bond donors (Lipinski definition) is 3. The molecule has 1 atom stereocenters. The molecule has 114 valence electrons. The molecule has 0 heterocycles. The van der Waals surface area contributed by atoms with Gasteiger partial charge < -0.3 is 15.7 Å². The Balaban J connectivity index is 1.73. The van der Waals surface area contributed by atoms with Gasteiger partial charge in [-0.1, -0.05) is 23.7 Å². The Morgan fingerprint density at radius 2 is 1.91 bits per heavy atom. The zero-order valence-corrected chi connectivity index (χ0v) is 12.7. The third-order valence-corrected chi connectivity index (χ3v) is 4.06. The third-order valence-electron chi connectivity index (χ3n) is 3.81. The average Bonchev–Trinajstić information content (AvgIpc) is 2.50. The van der Waals surface area contributed by atoms with Crippen molar-refractivity contribution in [3.63, 3.8) is 0 Å². The van der Waals surface area contributed by atoms with Crippen molar-refractivity contribution < 1.29 is 9.90 Å². The molecule has 0 aromatic heterocycles. The van der Waals surface area contributed by atoms with Crippen molar-refractivity contribution >= 4 is 29.0 Å². The molecule has 3 rings (SSSR count). The highest BCUT2D eigenvalue weighted by Gasteiger charge is 2.19. The first-order valence-corrected chi connectivity index (χ1v) is 7.62. The van der Waals surface area contributed by atoms with E-state index in [-0.39, 0.29) is 12.1 Å². The molecule has 0 fully saturated rings. The topological polar surface area (TPSA) is 61.4 Å². The molecule has 0 aliphatic heterocycles. The fraction of sp³-hybridized carbons (Fsp3) is 0.235. The number of aliphatic hydroxyl groups is 1. The molecule has 0 unspecified atom stereocenters. The van der Waals surface area contributed by atoms with Crippen LogP contribution in [-0.2, 0) is 12.8 Å². The minimum absolute atomic E-state index is 0.309. The predicted octanol–water partition coefficient (Wildman–Crippen LogP) is 3.83. The van der Waals surface area contributed by atoms with Crippen molar-refractivity contribution in [2.75, 3.05) is 10.6 Å². The second-order valence-corrected chi connectivity index (χ2v) is 5.86. The lowest BCUT2D eigenvalue weighted by molar-refractivity contribution is 0.159. The number of benzene rings is 2. The molecule has 0 saturated heterocycles. The van der Waals surface area contributed by atoms with Gasteiger partial charge in [0.1, 0.15) is 0 Å². The Labute approximate surface area is 134 Å². The number of aliphatic hydroxyl groups excluding tert-OH is 1. The third kappa shape index (κ3) is 3.40. The van der Waals surface area contributed by atoms with E-state index in [1.807, 2.05) is 18.2 Å². The SMILES string of the molecule is O=C(Nc1ccc(Cl)cc1)Nc1cccc2c1C[C@@H](O)CC2. The maximum absolute atomic E-state index is 12.1.